The second-order valence-corrected chi connectivity index (χ2v) is 7.07. The lowest BCUT2D eigenvalue weighted by molar-refractivity contribution is -0.140. The highest BCUT2D eigenvalue weighted by atomic mass is 16.2. The highest BCUT2D eigenvalue weighted by Gasteiger charge is 2.31. The van der Waals surface area contributed by atoms with Crippen LogP contribution in [0.1, 0.15) is 70.6 Å². The molecule has 1 unspecified atom stereocenters. The van der Waals surface area contributed by atoms with Gasteiger partial charge in [-0.15, -0.1) is 0 Å². The molecule has 5 nitrogen and oxygen atoms in total. The summed E-state index contributed by atoms with van der Waals surface area (Å²) >= 11 is 0. The number of nitrogens with zero attached hydrogens (tertiary/aromatic N) is 1. The van der Waals surface area contributed by atoms with Gasteiger partial charge in [-0.05, 0) is 32.1 Å². The first-order valence-electron chi connectivity index (χ1n) is 9.49. The van der Waals surface area contributed by atoms with E-state index in [2.05, 4.69) is 10.2 Å². The van der Waals surface area contributed by atoms with Gasteiger partial charge in [0.25, 0.3) is 0 Å². The van der Waals surface area contributed by atoms with Crippen LogP contribution in [0.4, 0.5) is 0 Å². The van der Waals surface area contributed by atoms with Crippen molar-refractivity contribution in [2.45, 2.75) is 76.7 Å². The van der Waals surface area contributed by atoms with Gasteiger partial charge in [0.1, 0.15) is 0 Å². The molecule has 5 heteroatoms. The molecule has 0 aromatic heterocycles. The van der Waals surface area contributed by atoms with Gasteiger partial charge in [0.2, 0.25) is 11.8 Å². The first kappa shape index (κ1) is 18.2. The molecule has 2 rings (SSSR count). The number of likely N-dealkylation sites (tertiary alicyclic amines) is 1. The summed E-state index contributed by atoms with van der Waals surface area (Å²) in [6, 6.07) is 0.170. The van der Waals surface area contributed by atoms with Crippen LogP contribution >= 0.6 is 0 Å². The third-order valence-electron chi connectivity index (χ3n) is 5.27. The largest absolute Gasteiger partial charge is 0.354 e. The van der Waals surface area contributed by atoms with E-state index in [1.807, 2.05) is 0 Å². The Hall–Kier alpha value is -1.10. The molecule has 1 heterocycles. The number of amides is 2. The van der Waals surface area contributed by atoms with Crippen molar-refractivity contribution in [2.75, 3.05) is 19.6 Å². The average molecular weight is 323 g/mol. The van der Waals surface area contributed by atoms with Crippen LogP contribution in [0.15, 0.2) is 0 Å². The van der Waals surface area contributed by atoms with Crippen molar-refractivity contribution in [3.8, 4) is 0 Å². The third kappa shape index (κ3) is 5.79. The maximum absolute atomic E-state index is 13.0. The van der Waals surface area contributed by atoms with Gasteiger partial charge < -0.3 is 16.0 Å². The van der Waals surface area contributed by atoms with E-state index in [-0.39, 0.29) is 17.9 Å². The van der Waals surface area contributed by atoms with Crippen molar-refractivity contribution in [2.24, 2.45) is 11.7 Å². The van der Waals surface area contributed by atoms with Gasteiger partial charge in [0.05, 0.1) is 0 Å². The molecule has 0 bridgehead atoms. The molecule has 0 aromatic carbocycles. The molecule has 0 spiro atoms. The minimum absolute atomic E-state index is 0.00331. The van der Waals surface area contributed by atoms with Gasteiger partial charge in [0.15, 0.2) is 0 Å². The summed E-state index contributed by atoms with van der Waals surface area (Å²) in [6.07, 6.45) is 11.9. The van der Waals surface area contributed by atoms with Gasteiger partial charge in [-0.1, -0.05) is 32.1 Å². The Labute approximate surface area is 140 Å². The molecule has 3 N–H and O–H groups in total. The highest BCUT2D eigenvalue weighted by Crippen LogP contribution is 2.27. The van der Waals surface area contributed by atoms with E-state index in [0.717, 1.165) is 38.6 Å². The van der Waals surface area contributed by atoms with Crippen LogP contribution in [0, 0.1) is 5.92 Å². The summed E-state index contributed by atoms with van der Waals surface area (Å²) in [5, 5.41) is 2.95. The first-order valence-corrected chi connectivity index (χ1v) is 9.49. The number of nitrogens with two attached hydrogens (primary N) is 1. The highest BCUT2D eigenvalue weighted by molar-refractivity contribution is 5.79. The standard InChI is InChI=1S/C18H33N3O2/c19-12-11-17(22)20-14-16-10-6-7-13-21(16)18(23)15-8-4-2-1-3-5-9-15/h15-16H,1-14,19H2,(H,20,22). The van der Waals surface area contributed by atoms with Gasteiger partial charge in [-0.3, -0.25) is 9.59 Å². The van der Waals surface area contributed by atoms with E-state index in [1.54, 1.807) is 0 Å². The summed E-state index contributed by atoms with van der Waals surface area (Å²) in [5.41, 5.74) is 5.41. The monoisotopic (exact) mass is 323 g/mol. The quantitative estimate of drug-likeness (QED) is 0.814. The smallest absolute Gasteiger partial charge is 0.225 e. The summed E-state index contributed by atoms with van der Waals surface area (Å²) < 4.78 is 0. The van der Waals surface area contributed by atoms with Crippen molar-refractivity contribution in [3.63, 3.8) is 0 Å². The summed E-state index contributed by atoms with van der Waals surface area (Å²) in [7, 11) is 0. The molecule has 132 valence electrons. The Balaban J connectivity index is 1.90. The second-order valence-electron chi connectivity index (χ2n) is 7.07. The molecule has 0 aromatic rings. The zero-order valence-electron chi connectivity index (χ0n) is 14.4. The molecule has 1 aliphatic heterocycles. The Morgan fingerprint density at radius 3 is 2.30 bits per heavy atom. The Morgan fingerprint density at radius 1 is 0.957 bits per heavy atom. The normalized spacial score (nSPS) is 23.9. The summed E-state index contributed by atoms with van der Waals surface area (Å²) in [6.45, 7) is 1.81. The van der Waals surface area contributed by atoms with Crippen molar-refractivity contribution in [1.29, 1.82) is 0 Å². The topological polar surface area (TPSA) is 75.4 Å². The number of carbonyl (C=O) groups is 2. The Morgan fingerprint density at radius 2 is 1.61 bits per heavy atom. The van der Waals surface area contributed by atoms with Gasteiger partial charge in [-0.25, -0.2) is 0 Å². The maximum Gasteiger partial charge on any atom is 0.225 e. The van der Waals surface area contributed by atoms with Gasteiger partial charge >= 0.3 is 0 Å². The van der Waals surface area contributed by atoms with Crippen molar-refractivity contribution in [3.05, 3.63) is 0 Å². The van der Waals surface area contributed by atoms with Gasteiger partial charge in [-0.2, -0.15) is 0 Å². The molecule has 1 atom stereocenters. The number of carbonyl (C=O) groups excluding carboxylic acids is 2. The predicted molar refractivity (Wildman–Crippen MR) is 91.8 cm³/mol. The van der Waals surface area contributed by atoms with Crippen LogP contribution in [0.3, 0.4) is 0 Å². The SMILES string of the molecule is NCCC(=O)NCC1CCCCN1C(=O)C1CCCCCCC1. The molecular formula is C18H33N3O2. The molecule has 23 heavy (non-hydrogen) atoms. The summed E-state index contributed by atoms with van der Waals surface area (Å²) in [5.74, 6) is 0.539. The lowest BCUT2D eigenvalue weighted by Gasteiger charge is -2.38. The molecular weight excluding hydrogens is 290 g/mol. The van der Waals surface area contributed by atoms with Crippen LogP contribution in [0.2, 0.25) is 0 Å². The number of hydrogen-bond donors (Lipinski definition) is 2. The summed E-state index contributed by atoms with van der Waals surface area (Å²) in [4.78, 5) is 26.7. The van der Waals surface area contributed by atoms with E-state index in [0.29, 0.717) is 25.4 Å². The maximum atomic E-state index is 13.0. The number of nitrogens with one attached hydrogen (secondary N) is 1. The number of rotatable bonds is 5. The predicted octanol–water partition coefficient (Wildman–Crippen LogP) is 2.19. The number of hydrogen-bond acceptors (Lipinski definition) is 3. The average Bonchev–Trinajstić information content (AvgIpc) is 2.53. The van der Waals surface area contributed by atoms with Crippen molar-refractivity contribution in [1.82, 2.24) is 10.2 Å². The molecule has 2 fully saturated rings. The molecule has 2 amide bonds. The third-order valence-corrected chi connectivity index (χ3v) is 5.27. The van der Waals surface area contributed by atoms with Crippen LogP contribution in [-0.4, -0.2) is 42.4 Å². The van der Waals surface area contributed by atoms with Gasteiger partial charge in [0, 0.05) is 38.0 Å². The van der Waals surface area contributed by atoms with Crippen LogP contribution < -0.4 is 11.1 Å². The van der Waals surface area contributed by atoms with E-state index >= 15 is 0 Å². The molecule has 2 aliphatic rings. The van der Waals surface area contributed by atoms with E-state index in [4.69, 9.17) is 5.73 Å². The lowest BCUT2D eigenvalue weighted by atomic mass is 9.89. The molecule has 1 saturated heterocycles. The molecule has 1 aliphatic carbocycles. The molecule has 1 saturated carbocycles. The Bertz CT molecular complexity index is 378. The van der Waals surface area contributed by atoms with Crippen molar-refractivity contribution >= 4 is 11.8 Å². The molecule has 0 radical (unpaired) electrons. The lowest BCUT2D eigenvalue weighted by Crippen LogP contribution is -2.51. The zero-order valence-corrected chi connectivity index (χ0v) is 14.4. The van der Waals surface area contributed by atoms with Crippen LogP contribution in [0.25, 0.3) is 0 Å². The van der Waals surface area contributed by atoms with E-state index in [9.17, 15) is 9.59 Å². The fourth-order valence-corrected chi connectivity index (χ4v) is 3.89. The zero-order chi connectivity index (χ0) is 16.5. The van der Waals surface area contributed by atoms with Crippen LogP contribution in [0.5, 0.6) is 0 Å². The van der Waals surface area contributed by atoms with E-state index in [1.165, 1.54) is 32.1 Å². The first-order chi connectivity index (χ1) is 11.2. The van der Waals surface area contributed by atoms with Crippen molar-refractivity contribution < 1.29 is 9.59 Å². The van der Waals surface area contributed by atoms with E-state index < -0.39 is 0 Å². The fourth-order valence-electron chi connectivity index (χ4n) is 3.89. The Kier molecular flexibility index (Phi) is 7.86. The number of piperidine rings is 1. The minimum atomic E-state index is -0.00331. The second kappa shape index (κ2) is 9.91. The van der Waals surface area contributed by atoms with Crippen LogP contribution in [-0.2, 0) is 9.59 Å². The minimum Gasteiger partial charge on any atom is -0.354 e. The fraction of sp³-hybridized carbons (Fsp3) is 0.889.